The summed E-state index contributed by atoms with van der Waals surface area (Å²) in [5.41, 5.74) is 2.54. The Bertz CT molecular complexity index is 447. The number of H-pyrrole nitrogens is 1. The molecule has 0 bridgehead atoms. The molecule has 0 fully saturated rings. The molecule has 86 valence electrons. The van der Waals surface area contributed by atoms with E-state index < -0.39 is 0 Å². The van der Waals surface area contributed by atoms with Gasteiger partial charge < -0.3 is 15.6 Å². The highest BCUT2D eigenvalue weighted by atomic mass is 15.0. The van der Waals surface area contributed by atoms with E-state index >= 15 is 0 Å². The molecule has 0 aliphatic rings. The van der Waals surface area contributed by atoms with Crippen LogP contribution in [-0.2, 0) is 6.54 Å². The fraction of sp³-hybridized carbons (Fsp3) is 0.385. The van der Waals surface area contributed by atoms with Crippen molar-refractivity contribution < 1.29 is 0 Å². The Morgan fingerprint density at radius 3 is 2.94 bits per heavy atom. The molecule has 0 saturated heterocycles. The van der Waals surface area contributed by atoms with Gasteiger partial charge >= 0.3 is 0 Å². The third-order valence-corrected chi connectivity index (χ3v) is 2.83. The average molecular weight is 217 g/mol. The molecule has 2 rings (SSSR count). The summed E-state index contributed by atoms with van der Waals surface area (Å²) < 4.78 is 0. The van der Waals surface area contributed by atoms with Crippen molar-refractivity contribution in [3.8, 4) is 0 Å². The van der Waals surface area contributed by atoms with Crippen LogP contribution in [0.5, 0.6) is 0 Å². The van der Waals surface area contributed by atoms with Crippen molar-refractivity contribution in [2.75, 3.05) is 13.6 Å². The van der Waals surface area contributed by atoms with Gasteiger partial charge in [-0.1, -0.05) is 18.2 Å². The van der Waals surface area contributed by atoms with Gasteiger partial charge in [0.2, 0.25) is 0 Å². The van der Waals surface area contributed by atoms with Crippen molar-refractivity contribution in [1.82, 2.24) is 15.6 Å². The molecule has 1 unspecified atom stereocenters. The quantitative estimate of drug-likeness (QED) is 0.715. The van der Waals surface area contributed by atoms with E-state index in [9.17, 15) is 0 Å². The van der Waals surface area contributed by atoms with Crippen molar-refractivity contribution in [3.05, 3.63) is 36.0 Å². The van der Waals surface area contributed by atoms with E-state index in [0.29, 0.717) is 6.04 Å². The number of fused-ring (bicyclic) bond motifs is 1. The second-order valence-corrected chi connectivity index (χ2v) is 4.20. The Kier molecular flexibility index (Phi) is 3.59. The predicted molar refractivity (Wildman–Crippen MR) is 68.5 cm³/mol. The smallest absolute Gasteiger partial charge is 0.0457 e. The Hall–Kier alpha value is -1.32. The Morgan fingerprint density at radius 2 is 2.12 bits per heavy atom. The lowest BCUT2D eigenvalue weighted by molar-refractivity contribution is 0.524. The Morgan fingerprint density at radius 1 is 1.31 bits per heavy atom. The zero-order chi connectivity index (χ0) is 11.4. The second-order valence-electron chi connectivity index (χ2n) is 4.20. The molecule has 16 heavy (non-hydrogen) atoms. The lowest BCUT2D eigenvalue weighted by Crippen LogP contribution is -2.34. The van der Waals surface area contributed by atoms with Crippen LogP contribution in [-0.4, -0.2) is 24.6 Å². The summed E-state index contributed by atoms with van der Waals surface area (Å²) in [5, 5.41) is 7.97. The normalized spacial score (nSPS) is 13.1. The van der Waals surface area contributed by atoms with Crippen LogP contribution in [0.4, 0.5) is 0 Å². The van der Waals surface area contributed by atoms with E-state index in [1.165, 1.54) is 16.5 Å². The van der Waals surface area contributed by atoms with Crippen LogP contribution in [0, 0.1) is 0 Å². The van der Waals surface area contributed by atoms with E-state index in [1.807, 2.05) is 7.05 Å². The van der Waals surface area contributed by atoms with Crippen LogP contribution in [0.15, 0.2) is 30.5 Å². The minimum absolute atomic E-state index is 0.485. The largest absolute Gasteiger partial charge is 0.361 e. The van der Waals surface area contributed by atoms with Gasteiger partial charge in [0.25, 0.3) is 0 Å². The summed E-state index contributed by atoms with van der Waals surface area (Å²) >= 11 is 0. The topological polar surface area (TPSA) is 39.8 Å². The van der Waals surface area contributed by atoms with Gasteiger partial charge in [-0.05, 0) is 25.6 Å². The van der Waals surface area contributed by atoms with Gasteiger partial charge in [-0.2, -0.15) is 0 Å². The zero-order valence-electron chi connectivity index (χ0n) is 9.88. The fourth-order valence-corrected chi connectivity index (χ4v) is 1.94. The van der Waals surface area contributed by atoms with Crippen molar-refractivity contribution in [3.63, 3.8) is 0 Å². The van der Waals surface area contributed by atoms with Crippen LogP contribution < -0.4 is 10.6 Å². The zero-order valence-corrected chi connectivity index (χ0v) is 9.88. The summed E-state index contributed by atoms with van der Waals surface area (Å²) in [6.07, 6.45) is 2.09. The summed E-state index contributed by atoms with van der Waals surface area (Å²) in [6.45, 7) is 4.08. The number of aromatic amines is 1. The molecule has 1 heterocycles. The molecule has 0 aliphatic heterocycles. The monoisotopic (exact) mass is 217 g/mol. The minimum atomic E-state index is 0.485. The highest BCUT2D eigenvalue weighted by Gasteiger charge is 2.04. The molecule has 1 aromatic carbocycles. The lowest BCUT2D eigenvalue weighted by atomic mass is 10.1. The number of aromatic nitrogens is 1. The average Bonchev–Trinajstić information content (AvgIpc) is 2.70. The van der Waals surface area contributed by atoms with Crippen molar-refractivity contribution >= 4 is 10.9 Å². The molecule has 0 amide bonds. The molecular weight excluding hydrogens is 198 g/mol. The van der Waals surface area contributed by atoms with Gasteiger partial charge in [0.15, 0.2) is 0 Å². The molecule has 3 N–H and O–H groups in total. The fourth-order valence-electron chi connectivity index (χ4n) is 1.94. The maximum atomic E-state index is 3.50. The third-order valence-electron chi connectivity index (χ3n) is 2.83. The second kappa shape index (κ2) is 5.14. The van der Waals surface area contributed by atoms with Crippen LogP contribution in [0.3, 0.4) is 0 Å². The lowest BCUT2D eigenvalue weighted by Gasteiger charge is -2.12. The Labute approximate surface area is 96.2 Å². The van der Waals surface area contributed by atoms with Gasteiger partial charge in [-0.15, -0.1) is 0 Å². The highest BCUT2D eigenvalue weighted by Crippen LogP contribution is 2.17. The number of hydrogen-bond acceptors (Lipinski definition) is 2. The van der Waals surface area contributed by atoms with E-state index in [0.717, 1.165) is 13.1 Å². The van der Waals surface area contributed by atoms with Gasteiger partial charge in [-0.25, -0.2) is 0 Å². The van der Waals surface area contributed by atoms with Gasteiger partial charge in [0.05, 0.1) is 0 Å². The molecule has 2 aromatic rings. The summed E-state index contributed by atoms with van der Waals surface area (Å²) in [7, 11) is 1.98. The summed E-state index contributed by atoms with van der Waals surface area (Å²) in [5.74, 6) is 0. The molecule has 0 radical (unpaired) electrons. The number of para-hydroxylation sites is 1. The first-order valence-corrected chi connectivity index (χ1v) is 5.74. The van der Waals surface area contributed by atoms with E-state index in [-0.39, 0.29) is 0 Å². The van der Waals surface area contributed by atoms with E-state index in [1.54, 1.807) is 0 Å². The molecule has 3 heteroatoms. The molecule has 1 atom stereocenters. The molecule has 1 aromatic heterocycles. The Balaban J connectivity index is 2.04. The van der Waals surface area contributed by atoms with Crippen LogP contribution in [0.25, 0.3) is 10.9 Å². The van der Waals surface area contributed by atoms with Gasteiger partial charge in [0.1, 0.15) is 0 Å². The van der Waals surface area contributed by atoms with Crippen LogP contribution in [0.1, 0.15) is 12.5 Å². The van der Waals surface area contributed by atoms with Gasteiger partial charge in [0, 0.05) is 36.2 Å². The summed E-state index contributed by atoms with van der Waals surface area (Å²) in [6, 6.07) is 8.89. The highest BCUT2D eigenvalue weighted by molar-refractivity contribution is 5.82. The first-order valence-electron chi connectivity index (χ1n) is 5.74. The molecule has 0 aliphatic carbocycles. The molecular formula is C13H19N3. The van der Waals surface area contributed by atoms with Crippen LogP contribution >= 0.6 is 0 Å². The van der Waals surface area contributed by atoms with Crippen molar-refractivity contribution in [2.24, 2.45) is 0 Å². The number of benzene rings is 1. The maximum absolute atomic E-state index is 3.50. The van der Waals surface area contributed by atoms with Crippen molar-refractivity contribution in [2.45, 2.75) is 19.5 Å². The van der Waals surface area contributed by atoms with E-state index in [4.69, 9.17) is 0 Å². The minimum Gasteiger partial charge on any atom is -0.361 e. The SMILES string of the molecule is CNCC(C)NCc1c[nH]c2ccccc12. The van der Waals surface area contributed by atoms with Crippen LogP contribution in [0.2, 0.25) is 0 Å². The number of likely N-dealkylation sites (N-methyl/N-ethyl adjacent to an activating group) is 1. The first-order chi connectivity index (χ1) is 7.81. The predicted octanol–water partition coefficient (Wildman–Crippen LogP) is 1.87. The first kappa shape index (κ1) is 11.2. The standard InChI is InChI=1S/C13H19N3/c1-10(7-14-2)15-8-11-9-16-13-6-4-3-5-12(11)13/h3-6,9-10,14-16H,7-8H2,1-2H3. The maximum Gasteiger partial charge on any atom is 0.0457 e. The third kappa shape index (κ3) is 2.43. The van der Waals surface area contributed by atoms with Crippen molar-refractivity contribution in [1.29, 1.82) is 0 Å². The number of nitrogens with one attached hydrogen (secondary N) is 3. The van der Waals surface area contributed by atoms with Gasteiger partial charge in [-0.3, -0.25) is 0 Å². The molecule has 0 saturated carbocycles. The summed E-state index contributed by atoms with van der Waals surface area (Å²) in [4.78, 5) is 3.29. The number of hydrogen-bond donors (Lipinski definition) is 3. The number of rotatable bonds is 5. The molecule has 3 nitrogen and oxygen atoms in total. The molecule has 0 spiro atoms. The van der Waals surface area contributed by atoms with E-state index in [2.05, 4.69) is 53.0 Å².